The predicted octanol–water partition coefficient (Wildman–Crippen LogP) is 3.86. The van der Waals surface area contributed by atoms with Crippen molar-refractivity contribution in [1.29, 1.82) is 0 Å². The topological polar surface area (TPSA) is 67.1 Å². The Morgan fingerprint density at radius 3 is 2.93 bits per heavy atom. The van der Waals surface area contributed by atoms with Gasteiger partial charge in [0.1, 0.15) is 5.82 Å². The summed E-state index contributed by atoms with van der Waals surface area (Å²) in [5, 5.41) is 11.0. The molecule has 1 spiro atoms. The van der Waals surface area contributed by atoms with Crippen LogP contribution in [0.15, 0.2) is 47.8 Å². The van der Waals surface area contributed by atoms with Gasteiger partial charge in [-0.1, -0.05) is 6.07 Å². The maximum atomic E-state index is 4.69. The van der Waals surface area contributed by atoms with Crippen molar-refractivity contribution in [3.8, 4) is 0 Å². The lowest BCUT2D eigenvalue weighted by Gasteiger charge is -2.13. The molecule has 1 aliphatic carbocycles. The zero-order valence-corrected chi connectivity index (χ0v) is 15.1. The largest absolute Gasteiger partial charge is 0.369 e. The second-order valence-corrected chi connectivity index (χ2v) is 7.86. The number of rotatable bonds is 3. The van der Waals surface area contributed by atoms with Gasteiger partial charge in [0.15, 0.2) is 0 Å². The van der Waals surface area contributed by atoms with E-state index in [1.807, 2.05) is 31.9 Å². The zero-order chi connectivity index (χ0) is 18.0. The minimum atomic E-state index is 0.182. The van der Waals surface area contributed by atoms with Crippen LogP contribution < -0.4 is 10.6 Å². The minimum absolute atomic E-state index is 0.182. The number of pyridine rings is 1. The molecule has 134 valence electrons. The van der Waals surface area contributed by atoms with Crippen molar-refractivity contribution in [2.24, 2.45) is 12.0 Å². The minimum Gasteiger partial charge on any atom is -0.369 e. The summed E-state index contributed by atoms with van der Waals surface area (Å²) < 4.78 is 1.78. The van der Waals surface area contributed by atoms with Crippen molar-refractivity contribution < 1.29 is 0 Å². The third kappa shape index (κ3) is 2.29. The quantitative estimate of drug-likeness (QED) is 0.748. The van der Waals surface area contributed by atoms with E-state index in [4.69, 9.17) is 4.98 Å². The number of aromatic nitrogens is 3. The van der Waals surface area contributed by atoms with Gasteiger partial charge in [0, 0.05) is 54.8 Å². The van der Waals surface area contributed by atoms with E-state index in [-0.39, 0.29) is 5.92 Å². The van der Waals surface area contributed by atoms with Crippen molar-refractivity contribution in [1.82, 2.24) is 14.8 Å². The number of aliphatic imine (C=N–C) groups is 1. The first-order valence-corrected chi connectivity index (χ1v) is 9.38. The van der Waals surface area contributed by atoms with Crippen LogP contribution in [0.4, 0.5) is 22.9 Å². The molecule has 3 aliphatic rings. The van der Waals surface area contributed by atoms with Crippen LogP contribution in [-0.2, 0) is 12.5 Å². The molecule has 4 heterocycles. The molecule has 0 saturated heterocycles. The molecule has 6 nitrogen and oxygen atoms in total. The molecule has 6 heteroatoms. The zero-order valence-electron chi connectivity index (χ0n) is 15.1. The third-order valence-corrected chi connectivity index (χ3v) is 6.01. The smallest absolute Gasteiger partial charge is 0.129 e. The van der Waals surface area contributed by atoms with Crippen LogP contribution in [0.3, 0.4) is 0 Å². The first kappa shape index (κ1) is 15.0. The summed E-state index contributed by atoms with van der Waals surface area (Å²) >= 11 is 0. The van der Waals surface area contributed by atoms with Gasteiger partial charge in [-0.3, -0.25) is 9.67 Å². The molecule has 6 rings (SSSR count). The van der Waals surface area contributed by atoms with Gasteiger partial charge in [0.25, 0.3) is 0 Å². The average Bonchev–Trinajstić information content (AvgIpc) is 2.97. The molecule has 1 atom stereocenters. The van der Waals surface area contributed by atoms with Crippen LogP contribution in [-0.4, -0.2) is 27.5 Å². The molecule has 2 N–H and O–H groups in total. The summed E-state index contributed by atoms with van der Waals surface area (Å²) in [4.78, 5) is 9.37. The Morgan fingerprint density at radius 2 is 2.11 bits per heavy atom. The lowest BCUT2D eigenvalue weighted by Crippen LogP contribution is -2.08. The van der Waals surface area contributed by atoms with Gasteiger partial charge < -0.3 is 10.6 Å². The van der Waals surface area contributed by atoms with Crippen LogP contribution in [0.5, 0.6) is 0 Å². The number of anilines is 3. The van der Waals surface area contributed by atoms with Crippen molar-refractivity contribution in [3.05, 3.63) is 59.5 Å². The maximum Gasteiger partial charge on any atom is 0.129 e. The Hall–Kier alpha value is -3.15. The van der Waals surface area contributed by atoms with Crippen LogP contribution in [0, 0.1) is 0 Å². The van der Waals surface area contributed by atoms with E-state index in [9.17, 15) is 0 Å². The van der Waals surface area contributed by atoms with Crippen molar-refractivity contribution in [2.45, 2.75) is 24.2 Å². The van der Waals surface area contributed by atoms with Gasteiger partial charge >= 0.3 is 0 Å². The van der Waals surface area contributed by atoms with Gasteiger partial charge in [0.05, 0.1) is 17.6 Å². The lowest BCUT2D eigenvalue weighted by atomic mass is 9.91. The number of aryl methyl sites for hydroxylation is 1. The molecule has 2 aliphatic heterocycles. The highest BCUT2D eigenvalue weighted by Gasteiger charge is 2.49. The molecule has 27 heavy (non-hydrogen) atoms. The van der Waals surface area contributed by atoms with E-state index in [1.54, 1.807) is 4.68 Å². The molecule has 3 aromatic rings. The Morgan fingerprint density at radius 1 is 1.19 bits per heavy atom. The molecule has 0 bridgehead atoms. The standard InChI is InChI=1S/C21H20N6/c1-27-11-15(9-25-27)26-14-2-3-16-17(10-22-19(16)7-14)13-6-18-20(23-8-13)24-12-21(18)4-5-21/h2-3,6-11,17,26H,4-5,12H2,1H3,(H,23,24). The Bertz CT molecular complexity index is 1090. The molecule has 2 aromatic heterocycles. The van der Waals surface area contributed by atoms with Gasteiger partial charge in [-0.25, -0.2) is 4.98 Å². The van der Waals surface area contributed by atoms with Crippen molar-refractivity contribution >= 4 is 29.1 Å². The van der Waals surface area contributed by atoms with Crippen molar-refractivity contribution in [2.75, 3.05) is 17.2 Å². The number of fused-ring (bicyclic) bond motifs is 3. The summed E-state index contributed by atoms with van der Waals surface area (Å²) in [6.45, 7) is 1.04. The van der Waals surface area contributed by atoms with E-state index in [2.05, 4.69) is 45.0 Å². The summed E-state index contributed by atoms with van der Waals surface area (Å²) in [7, 11) is 1.91. The van der Waals surface area contributed by atoms with Crippen molar-refractivity contribution in [3.63, 3.8) is 0 Å². The van der Waals surface area contributed by atoms with Gasteiger partial charge in [-0.05, 0) is 42.2 Å². The van der Waals surface area contributed by atoms with Gasteiger partial charge in [-0.15, -0.1) is 0 Å². The van der Waals surface area contributed by atoms with Crippen LogP contribution in [0.25, 0.3) is 0 Å². The number of benzene rings is 1. The molecule has 1 saturated carbocycles. The number of nitrogens with zero attached hydrogens (tertiary/aromatic N) is 4. The predicted molar refractivity (Wildman–Crippen MR) is 107 cm³/mol. The summed E-state index contributed by atoms with van der Waals surface area (Å²) in [5.41, 5.74) is 7.25. The second-order valence-electron chi connectivity index (χ2n) is 7.86. The van der Waals surface area contributed by atoms with Gasteiger partial charge in [0.2, 0.25) is 0 Å². The fourth-order valence-corrected chi connectivity index (χ4v) is 4.29. The third-order valence-electron chi connectivity index (χ3n) is 6.01. The van der Waals surface area contributed by atoms with E-state index >= 15 is 0 Å². The summed E-state index contributed by atoms with van der Waals surface area (Å²) in [6, 6.07) is 8.73. The number of hydrogen-bond acceptors (Lipinski definition) is 5. The van der Waals surface area contributed by atoms with E-state index < -0.39 is 0 Å². The monoisotopic (exact) mass is 356 g/mol. The average molecular weight is 356 g/mol. The highest BCUT2D eigenvalue weighted by Crippen LogP contribution is 2.54. The Balaban J connectivity index is 1.31. The van der Waals surface area contributed by atoms with Gasteiger partial charge in [-0.2, -0.15) is 5.10 Å². The highest BCUT2D eigenvalue weighted by molar-refractivity contribution is 5.86. The molecular weight excluding hydrogens is 336 g/mol. The molecule has 1 aromatic carbocycles. The fourth-order valence-electron chi connectivity index (χ4n) is 4.29. The molecule has 1 fully saturated rings. The Kier molecular flexibility index (Phi) is 2.88. The van der Waals surface area contributed by atoms with Crippen LogP contribution in [0.2, 0.25) is 0 Å². The highest BCUT2D eigenvalue weighted by atomic mass is 15.3. The first-order valence-electron chi connectivity index (χ1n) is 9.38. The Labute approximate surface area is 157 Å². The van der Waals surface area contributed by atoms with E-state index in [0.29, 0.717) is 5.41 Å². The van der Waals surface area contributed by atoms with Crippen LogP contribution in [0.1, 0.15) is 35.4 Å². The molecule has 0 amide bonds. The number of hydrogen-bond donors (Lipinski definition) is 2. The number of nitrogens with one attached hydrogen (secondary N) is 2. The maximum absolute atomic E-state index is 4.69. The van der Waals surface area contributed by atoms with E-state index in [1.165, 1.54) is 29.5 Å². The van der Waals surface area contributed by atoms with Crippen LogP contribution >= 0.6 is 0 Å². The molecule has 0 radical (unpaired) electrons. The second kappa shape index (κ2) is 5.19. The summed E-state index contributed by atoms with van der Waals surface area (Å²) in [5.74, 6) is 1.25. The lowest BCUT2D eigenvalue weighted by molar-refractivity contribution is 0.768. The first-order chi connectivity index (χ1) is 13.2. The molecular formula is C21H20N6. The molecule has 1 unspecified atom stereocenters. The fraction of sp³-hybridized carbons (Fsp3) is 0.286. The summed E-state index contributed by atoms with van der Waals surface area (Å²) in [6.07, 6.45) is 10.4. The SMILES string of the molecule is Cn1cc(Nc2ccc3c(c2)N=CC3c2cnc3c(c2)C2(CC2)CN3)cn1. The van der Waals surface area contributed by atoms with E-state index in [0.717, 1.165) is 29.4 Å². The normalized spacial score (nSPS) is 20.4.